The molecule has 1 aromatic rings. The molecule has 2 aliphatic rings. The lowest BCUT2D eigenvalue weighted by atomic mass is 9.78. The molecular weight excluding hydrogens is 172 g/mol. The van der Waals surface area contributed by atoms with Crippen LogP contribution in [0.15, 0.2) is 24.3 Å². The van der Waals surface area contributed by atoms with Crippen molar-refractivity contribution in [3.8, 4) is 0 Å². The predicted molar refractivity (Wildman–Crippen MR) is 56.1 cm³/mol. The number of benzene rings is 1. The molecule has 0 radical (unpaired) electrons. The molecule has 1 aromatic carbocycles. The van der Waals surface area contributed by atoms with Gasteiger partial charge >= 0.3 is 0 Å². The maximum absolute atomic E-state index is 10.5. The van der Waals surface area contributed by atoms with Gasteiger partial charge in [0.2, 0.25) is 0 Å². The second-order valence-electron chi connectivity index (χ2n) is 4.82. The minimum atomic E-state index is -0.367. The van der Waals surface area contributed by atoms with E-state index in [0.717, 1.165) is 19.3 Å². The van der Waals surface area contributed by atoms with Crippen LogP contribution in [0.2, 0.25) is 0 Å². The molecule has 3 rings (SSSR count). The molecule has 1 heteroatoms. The number of rotatable bonds is 1. The average Bonchev–Trinajstić information content (AvgIpc) is 3.01. The number of aryl methyl sites for hydroxylation is 1. The van der Waals surface area contributed by atoms with Gasteiger partial charge in [0.05, 0.1) is 5.60 Å². The van der Waals surface area contributed by atoms with Crippen molar-refractivity contribution in [2.45, 2.75) is 37.7 Å². The van der Waals surface area contributed by atoms with Gasteiger partial charge in [0.25, 0.3) is 0 Å². The Kier molecular flexibility index (Phi) is 1.72. The van der Waals surface area contributed by atoms with Gasteiger partial charge in [-0.3, -0.25) is 0 Å². The first-order chi connectivity index (χ1) is 6.78. The SMILES string of the molecule is OC1(C2CC2)CCc2ccccc2C1. The van der Waals surface area contributed by atoms with Gasteiger partial charge in [-0.2, -0.15) is 0 Å². The van der Waals surface area contributed by atoms with Crippen LogP contribution in [0.1, 0.15) is 30.4 Å². The fourth-order valence-electron chi connectivity index (χ4n) is 2.71. The number of hydrogen-bond acceptors (Lipinski definition) is 1. The van der Waals surface area contributed by atoms with Crippen LogP contribution in [-0.4, -0.2) is 10.7 Å². The number of aliphatic hydroxyl groups is 1. The topological polar surface area (TPSA) is 20.2 Å². The normalized spacial score (nSPS) is 31.2. The molecule has 0 spiro atoms. The summed E-state index contributed by atoms with van der Waals surface area (Å²) in [6.07, 6.45) is 5.38. The van der Waals surface area contributed by atoms with Crippen LogP contribution >= 0.6 is 0 Å². The van der Waals surface area contributed by atoms with Crippen LogP contribution in [-0.2, 0) is 12.8 Å². The van der Waals surface area contributed by atoms with Gasteiger partial charge in [-0.15, -0.1) is 0 Å². The third-order valence-corrected chi connectivity index (χ3v) is 3.78. The van der Waals surface area contributed by atoms with Crippen LogP contribution in [0.5, 0.6) is 0 Å². The molecule has 1 unspecified atom stereocenters. The summed E-state index contributed by atoms with van der Waals surface area (Å²) in [5, 5.41) is 10.5. The second kappa shape index (κ2) is 2.83. The van der Waals surface area contributed by atoms with E-state index < -0.39 is 0 Å². The van der Waals surface area contributed by atoms with Gasteiger partial charge in [-0.1, -0.05) is 24.3 Å². The quantitative estimate of drug-likeness (QED) is 0.717. The summed E-state index contributed by atoms with van der Waals surface area (Å²) in [6, 6.07) is 8.54. The number of hydrogen-bond donors (Lipinski definition) is 1. The van der Waals surface area contributed by atoms with Crippen LogP contribution < -0.4 is 0 Å². The standard InChI is InChI=1S/C13H16O/c14-13(12-5-6-12)8-7-10-3-1-2-4-11(10)9-13/h1-4,12,14H,5-9H2. The zero-order valence-corrected chi connectivity index (χ0v) is 8.37. The summed E-state index contributed by atoms with van der Waals surface area (Å²) < 4.78 is 0. The Morgan fingerprint density at radius 3 is 2.57 bits per heavy atom. The molecule has 2 aliphatic carbocycles. The fraction of sp³-hybridized carbons (Fsp3) is 0.538. The Morgan fingerprint density at radius 1 is 1.14 bits per heavy atom. The highest BCUT2D eigenvalue weighted by molar-refractivity contribution is 5.32. The molecule has 1 saturated carbocycles. The zero-order valence-electron chi connectivity index (χ0n) is 8.37. The van der Waals surface area contributed by atoms with Crippen molar-refractivity contribution in [2.24, 2.45) is 5.92 Å². The van der Waals surface area contributed by atoms with Gasteiger partial charge in [0.15, 0.2) is 0 Å². The molecule has 14 heavy (non-hydrogen) atoms. The highest BCUT2D eigenvalue weighted by atomic mass is 16.3. The average molecular weight is 188 g/mol. The molecule has 1 fully saturated rings. The largest absolute Gasteiger partial charge is 0.389 e. The lowest BCUT2D eigenvalue weighted by Gasteiger charge is -2.33. The summed E-state index contributed by atoms with van der Waals surface area (Å²) in [5.74, 6) is 0.593. The van der Waals surface area contributed by atoms with E-state index in [-0.39, 0.29) is 5.60 Å². The van der Waals surface area contributed by atoms with Gasteiger partial charge in [-0.05, 0) is 42.7 Å². The molecule has 74 valence electrons. The highest BCUT2D eigenvalue weighted by Gasteiger charge is 2.45. The smallest absolute Gasteiger partial charge is 0.0719 e. The molecule has 0 saturated heterocycles. The monoisotopic (exact) mass is 188 g/mol. The van der Waals surface area contributed by atoms with Crippen LogP contribution in [0, 0.1) is 5.92 Å². The third kappa shape index (κ3) is 1.27. The summed E-state index contributed by atoms with van der Waals surface area (Å²) in [4.78, 5) is 0. The van der Waals surface area contributed by atoms with E-state index in [1.54, 1.807) is 0 Å². The Bertz CT molecular complexity index is 354. The molecule has 1 N–H and O–H groups in total. The van der Waals surface area contributed by atoms with Crippen molar-refractivity contribution in [2.75, 3.05) is 0 Å². The van der Waals surface area contributed by atoms with E-state index >= 15 is 0 Å². The molecular formula is C13H16O. The van der Waals surface area contributed by atoms with Crippen molar-refractivity contribution in [1.29, 1.82) is 0 Å². The van der Waals surface area contributed by atoms with Crippen molar-refractivity contribution in [3.63, 3.8) is 0 Å². The Hall–Kier alpha value is -0.820. The first kappa shape index (κ1) is 8.49. The predicted octanol–water partition coefficient (Wildman–Crippen LogP) is 2.32. The van der Waals surface area contributed by atoms with Gasteiger partial charge < -0.3 is 5.11 Å². The van der Waals surface area contributed by atoms with E-state index in [9.17, 15) is 5.11 Å². The third-order valence-electron chi connectivity index (χ3n) is 3.78. The minimum Gasteiger partial charge on any atom is -0.389 e. The first-order valence-corrected chi connectivity index (χ1v) is 5.57. The van der Waals surface area contributed by atoms with Crippen LogP contribution in [0.4, 0.5) is 0 Å². The minimum absolute atomic E-state index is 0.367. The van der Waals surface area contributed by atoms with E-state index in [1.807, 2.05) is 0 Å². The lowest BCUT2D eigenvalue weighted by molar-refractivity contribution is 0.00427. The second-order valence-corrected chi connectivity index (χ2v) is 4.82. The molecule has 0 heterocycles. The van der Waals surface area contributed by atoms with Crippen LogP contribution in [0.25, 0.3) is 0 Å². The van der Waals surface area contributed by atoms with Gasteiger partial charge in [0.1, 0.15) is 0 Å². The summed E-state index contributed by atoms with van der Waals surface area (Å²) in [5.41, 5.74) is 2.44. The molecule has 1 nitrogen and oxygen atoms in total. The highest BCUT2D eigenvalue weighted by Crippen LogP contribution is 2.46. The van der Waals surface area contributed by atoms with Crippen molar-refractivity contribution >= 4 is 0 Å². The molecule has 0 amide bonds. The Balaban J connectivity index is 1.92. The van der Waals surface area contributed by atoms with Crippen LogP contribution in [0.3, 0.4) is 0 Å². The maximum Gasteiger partial charge on any atom is 0.0719 e. The van der Waals surface area contributed by atoms with Gasteiger partial charge in [0, 0.05) is 6.42 Å². The molecule has 0 bridgehead atoms. The molecule has 0 aliphatic heterocycles. The first-order valence-electron chi connectivity index (χ1n) is 5.57. The lowest BCUT2D eigenvalue weighted by Crippen LogP contribution is -2.37. The maximum atomic E-state index is 10.5. The number of fused-ring (bicyclic) bond motifs is 1. The zero-order chi connectivity index (χ0) is 9.60. The van der Waals surface area contributed by atoms with Crippen molar-refractivity contribution in [3.05, 3.63) is 35.4 Å². The summed E-state index contributed by atoms with van der Waals surface area (Å²) in [6.45, 7) is 0. The van der Waals surface area contributed by atoms with E-state index in [0.29, 0.717) is 5.92 Å². The van der Waals surface area contributed by atoms with Crippen molar-refractivity contribution < 1.29 is 5.11 Å². The van der Waals surface area contributed by atoms with E-state index in [2.05, 4.69) is 24.3 Å². The van der Waals surface area contributed by atoms with E-state index in [4.69, 9.17) is 0 Å². The Morgan fingerprint density at radius 2 is 1.86 bits per heavy atom. The van der Waals surface area contributed by atoms with Gasteiger partial charge in [-0.25, -0.2) is 0 Å². The molecule has 1 atom stereocenters. The molecule has 0 aromatic heterocycles. The van der Waals surface area contributed by atoms with E-state index in [1.165, 1.54) is 24.0 Å². The fourth-order valence-corrected chi connectivity index (χ4v) is 2.71. The summed E-state index contributed by atoms with van der Waals surface area (Å²) >= 11 is 0. The summed E-state index contributed by atoms with van der Waals surface area (Å²) in [7, 11) is 0. The Labute approximate surface area is 84.8 Å². The van der Waals surface area contributed by atoms with Crippen molar-refractivity contribution in [1.82, 2.24) is 0 Å².